The van der Waals surface area contributed by atoms with Crippen molar-refractivity contribution in [2.75, 3.05) is 55.4 Å². The molecule has 2 fully saturated rings. The second-order valence-electron chi connectivity index (χ2n) is 9.23. The highest BCUT2D eigenvalue weighted by molar-refractivity contribution is 7.88. The maximum Gasteiger partial charge on any atom is 0.410 e. The molecule has 3 heterocycles. The van der Waals surface area contributed by atoms with Gasteiger partial charge < -0.3 is 19.3 Å². The topological polar surface area (TPSA) is 75.2 Å². The number of halogens is 3. The van der Waals surface area contributed by atoms with Crippen molar-refractivity contribution in [2.45, 2.75) is 51.6 Å². The number of pyridine rings is 1. The number of rotatable bonds is 4. The van der Waals surface area contributed by atoms with Crippen LogP contribution in [0.1, 0.15) is 27.7 Å². The van der Waals surface area contributed by atoms with Crippen LogP contribution in [0.25, 0.3) is 0 Å². The largest absolute Gasteiger partial charge is 0.472 e. The number of ether oxygens (including phenoxy) is 2. The molecular formula is C20H31F3N4O4S. The quantitative estimate of drug-likeness (QED) is 0.656. The molecular weight excluding hydrogens is 449 g/mol. The summed E-state index contributed by atoms with van der Waals surface area (Å²) < 4.78 is 78.0. The third kappa shape index (κ3) is 5.96. The van der Waals surface area contributed by atoms with Crippen LogP contribution >= 0.6 is 0 Å². The lowest BCUT2D eigenvalue weighted by Crippen LogP contribution is -2.60. The summed E-state index contributed by atoms with van der Waals surface area (Å²) >= 11 is 0. The summed E-state index contributed by atoms with van der Waals surface area (Å²) in [6.45, 7) is 8.21. The highest BCUT2D eigenvalue weighted by Crippen LogP contribution is 2.35. The van der Waals surface area contributed by atoms with Gasteiger partial charge in [0.15, 0.2) is 0 Å². The summed E-state index contributed by atoms with van der Waals surface area (Å²) in [4.78, 5) is 7.58. The van der Waals surface area contributed by atoms with E-state index < -0.39 is 34.4 Å². The summed E-state index contributed by atoms with van der Waals surface area (Å²) in [6.07, 6.45) is -3.72. The molecule has 12 heteroatoms. The van der Waals surface area contributed by atoms with E-state index in [2.05, 4.69) is 9.88 Å². The number of alkyl halides is 3. The number of hydrogen-bond donors (Lipinski definition) is 0. The summed E-state index contributed by atoms with van der Waals surface area (Å²) in [5.74, 6) is 0.325. The van der Waals surface area contributed by atoms with Gasteiger partial charge in [0.2, 0.25) is 15.9 Å². The molecule has 0 N–H and O–H groups in total. The Kier molecular flexibility index (Phi) is 6.88. The van der Waals surface area contributed by atoms with Gasteiger partial charge in [0.05, 0.1) is 19.5 Å². The normalized spacial score (nSPS) is 24.0. The fourth-order valence-corrected chi connectivity index (χ4v) is 4.71. The number of nitrogens with zero attached hydrogens (tertiary/aromatic N) is 4. The van der Waals surface area contributed by atoms with Crippen molar-refractivity contribution in [3.8, 4) is 5.88 Å². The Morgan fingerprint density at radius 3 is 2.38 bits per heavy atom. The van der Waals surface area contributed by atoms with Crippen LogP contribution in [0.3, 0.4) is 0 Å². The minimum Gasteiger partial charge on any atom is -0.472 e. The van der Waals surface area contributed by atoms with Crippen LogP contribution in [0.2, 0.25) is 0 Å². The maximum atomic E-state index is 14.0. The van der Waals surface area contributed by atoms with Crippen LogP contribution < -0.4 is 14.5 Å². The number of hydrogen-bond acceptors (Lipinski definition) is 7. The van der Waals surface area contributed by atoms with E-state index in [1.54, 1.807) is 12.1 Å². The van der Waals surface area contributed by atoms with Gasteiger partial charge in [-0.15, -0.1) is 0 Å². The van der Waals surface area contributed by atoms with Crippen molar-refractivity contribution >= 4 is 21.5 Å². The van der Waals surface area contributed by atoms with Crippen LogP contribution in [0, 0.1) is 0 Å². The Bertz CT molecular complexity index is 920. The first-order valence-electron chi connectivity index (χ1n) is 10.5. The zero-order valence-electron chi connectivity index (χ0n) is 19.0. The van der Waals surface area contributed by atoms with Gasteiger partial charge in [0.1, 0.15) is 17.5 Å². The van der Waals surface area contributed by atoms with E-state index in [0.29, 0.717) is 25.4 Å². The molecule has 182 valence electrons. The van der Waals surface area contributed by atoms with Gasteiger partial charge in [-0.3, -0.25) is 0 Å². The molecule has 32 heavy (non-hydrogen) atoms. The van der Waals surface area contributed by atoms with E-state index in [1.807, 2.05) is 27.7 Å². The molecule has 0 bridgehead atoms. The highest BCUT2D eigenvalue weighted by Gasteiger charge is 2.48. The first-order valence-corrected chi connectivity index (χ1v) is 12.3. The first kappa shape index (κ1) is 24.8. The van der Waals surface area contributed by atoms with Gasteiger partial charge in [-0.25, -0.2) is 8.42 Å². The van der Waals surface area contributed by atoms with Crippen molar-refractivity contribution < 1.29 is 31.1 Å². The summed E-state index contributed by atoms with van der Waals surface area (Å²) in [5.41, 5.74) is 0.0919. The van der Waals surface area contributed by atoms with Gasteiger partial charge >= 0.3 is 6.18 Å². The molecule has 2 saturated heterocycles. The number of anilines is 2. The monoisotopic (exact) mass is 480 g/mol. The molecule has 1 unspecified atom stereocenters. The number of morpholine rings is 1. The molecule has 3 rings (SSSR count). The molecule has 0 aliphatic carbocycles. The standard InChI is InChI=1S/C20H31F3N4O4S/c1-14-13-30-9-8-26(14)15-10-17(24-18(11-15)31-19(2,3)4)27-7-6-25(32(5,28)29)12-16(27)20(21,22)23/h10-11,14,16H,6-9,12-13H2,1-5H3/t14-,16?/m1/s1. The molecule has 2 atom stereocenters. The van der Waals surface area contributed by atoms with E-state index in [1.165, 1.54) is 0 Å². The minimum atomic E-state index is -4.64. The minimum absolute atomic E-state index is 0.0296. The summed E-state index contributed by atoms with van der Waals surface area (Å²) in [5, 5.41) is 0. The third-order valence-electron chi connectivity index (χ3n) is 5.37. The van der Waals surface area contributed by atoms with E-state index >= 15 is 0 Å². The van der Waals surface area contributed by atoms with Crippen LogP contribution in [0.5, 0.6) is 5.88 Å². The zero-order valence-corrected chi connectivity index (χ0v) is 19.8. The number of sulfonamides is 1. The molecule has 1 aromatic heterocycles. The van der Waals surface area contributed by atoms with E-state index in [9.17, 15) is 21.6 Å². The highest BCUT2D eigenvalue weighted by atomic mass is 32.2. The predicted molar refractivity (Wildman–Crippen MR) is 116 cm³/mol. The average Bonchev–Trinajstić information content (AvgIpc) is 2.65. The Morgan fingerprint density at radius 2 is 1.81 bits per heavy atom. The lowest BCUT2D eigenvalue weighted by molar-refractivity contribution is -0.153. The van der Waals surface area contributed by atoms with E-state index in [-0.39, 0.29) is 30.8 Å². The van der Waals surface area contributed by atoms with Gasteiger partial charge in [0, 0.05) is 50.0 Å². The fraction of sp³-hybridized carbons (Fsp3) is 0.750. The summed E-state index contributed by atoms with van der Waals surface area (Å²) in [6, 6.07) is 1.36. The van der Waals surface area contributed by atoms with Crippen molar-refractivity contribution in [3.63, 3.8) is 0 Å². The van der Waals surface area contributed by atoms with E-state index in [0.717, 1.165) is 15.5 Å². The number of aromatic nitrogens is 1. The number of piperazine rings is 1. The smallest absolute Gasteiger partial charge is 0.410 e. The van der Waals surface area contributed by atoms with Crippen LogP contribution in [0.4, 0.5) is 24.7 Å². The molecule has 2 aliphatic rings. The molecule has 8 nitrogen and oxygen atoms in total. The lowest BCUT2D eigenvalue weighted by Gasteiger charge is -2.42. The van der Waals surface area contributed by atoms with Gasteiger partial charge in [-0.05, 0) is 27.7 Å². The molecule has 0 amide bonds. The molecule has 0 aromatic carbocycles. The lowest BCUT2D eigenvalue weighted by atomic mass is 10.1. The van der Waals surface area contributed by atoms with Crippen LogP contribution in [0.15, 0.2) is 12.1 Å². The SMILES string of the molecule is C[C@@H]1COCCN1c1cc(OC(C)(C)C)nc(N2CCN(S(C)(=O)=O)CC2C(F)(F)F)c1. The van der Waals surface area contributed by atoms with Gasteiger partial charge in [-0.2, -0.15) is 22.5 Å². The molecule has 0 radical (unpaired) electrons. The van der Waals surface area contributed by atoms with Crippen molar-refractivity contribution in [3.05, 3.63) is 12.1 Å². The maximum absolute atomic E-state index is 14.0. The fourth-order valence-electron chi connectivity index (χ4n) is 3.88. The van der Waals surface area contributed by atoms with Crippen molar-refractivity contribution in [1.82, 2.24) is 9.29 Å². The predicted octanol–water partition coefficient (Wildman–Crippen LogP) is 2.50. The molecule has 0 spiro atoms. The Morgan fingerprint density at radius 1 is 1.12 bits per heavy atom. The summed E-state index contributed by atoms with van der Waals surface area (Å²) in [7, 11) is -3.75. The van der Waals surface area contributed by atoms with Gasteiger partial charge in [-0.1, -0.05) is 0 Å². The Hall–Kier alpha value is -1.79. The first-order chi connectivity index (χ1) is 14.6. The molecule has 0 saturated carbocycles. The zero-order chi connectivity index (χ0) is 23.9. The van der Waals surface area contributed by atoms with Crippen molar-refractivity contribution in [2.24, 2.45) is 0 Å². The van der Waals surface area contributed by atoms with Crippen molar-refractivity contribution in [1.29, 1.82) is 0 Å². The van der Waals surface area contributed by atoms with Crippen LogP contribution in [-0.4, -0.2) is 87.2 Å². The molecule has 1 aromatic rings. The average molecular weight is 481 g/mol. The second kappa shape index (κ2) is 8.86. The van der Waals surface area contributed by atoms with E-state index in [4.69, 9.17) is 9.47 Å². The molecule has 2 aliphatic heterocycles. The third-order valence-corrected chi connectivity index (χ3v) is 6.64. The van der Waals surface area contributed by atoms with Gasteiger partial charge in [0.25, 0.3) is 0 Å². The second-order valence-corrected chi connectivity index (χ2v) is 11.2. The van der Waals surface area contributed by atoms with Crippen LogP contribution in [-0.2, 0) is 14.8 Å². The Labute approximate surface area is 187 Å². The Balaban J connectivity index is 2.03.